The van der Waals surface area contributed by atoms with Gasteiger partial charge in [-0.1, -0.05) is 19.9 Å². The quantitative estimate of drug-likeness (QED) is 0.782. The highest BCUT2D eigenvalue weighted by Gasteiger charge is 2.09. The summed E-state index contributed by atoms with van der Waals surface area (Å²) in [6.07, 6.45) is 1.43. The van der Waals surface area contributed by atoms with E-state index in [9.17, 15) is 9.59 Å². The van der Waals surface area contributed by atoms with Gasteiger partial charge in [0.25, 0.3) is 5.91 Å². The summed E-state index contributed by atoms with van der Waals surface area (Å²) in [6, 6.07) is 14.1. The van der Waals surface area contributed by atoms with Crippen LogP contribution in [-0.2, 0) is 4.79 Å². The Morgan fingerprint density at radius 2 is 1.64 bits per heavy atom. The van der Waals surface area contributed by atoms with Crippen molar-refractivity contribution < 1.29 is 14.3 Å². The number of anilines is 2. The zero-order chi connectivity index (χ0) is 18.2. The molecule has 2 amide bonds. The minimum absolute atomic E-state index is 0.0464. The Morgan fingerprint density at radius 3 is 2.24 bits per heavy atom. The van der Waals surface area contributed by atoms with Gasteiger partial charge in [-0.15, -0.1) is 0 Å². The summed E-state index contributed by atoms with van der Waals surface area (Å²) in [5.74, 6) is 0.425. The molecule has 0 aliphatic heterocycles. The van der Waals surface area contributed by atoms with Gasteiger partial charge < -0.3 is 15.4 Å². The van der Waals surface area contributed by atoms with E-state index in [2.05, 4.69) is 10.6 Å². The number of ether oxygens (including phenoxy) is 1. The van der Waals surface area contributed by atoms with Crippen LogP contribution in [0.2, 0.25) is 0 Å². The molecule has 2 rings (SSSR count). The van der Waals surface area contributed by atoms with Crippen LogP contribution in [0, 0.1) is 0 Å². The van der Waals surface area contributed by atoms with Crippen molar-refractivity contribution in [2.24, 2.45) is 0 Å². The standard InChI is InChI=1S/C20H24N2O3/c1-4-14(3)25-18-8-6-7-15(13-18)20(24)22-17-11-9-16(10-12-17)21-19(23)5-2/h6-14H,4-5H2,1-3H3,(H,21,23)(H,22,24)/t14-/m0/s1. The summed E-state index contributed by atoms with van der Waals surface area (Å²) in [5, 5.41) is 5.61. The second kappa shape index (κ2) is 8.87. The molecular weight excluding hydrogens is 316 g/mol. The average Bonchev–Trinajstić information content (AvgIpc) is 2.63. The third-order valence-corrected chi connectivity index (χ3v) is 3.76. The maximum absolute atomic E-state index is 12.4. The molecule has 0 bridgehead atoms. The Kier molecular flexibility index (Phi) is 6.57. The molecule has 0 spiro atoms. The van der Waals surface area contributed by atoms with Crippen molar-refractivity contribution in [3.63, 3.8) is 0 Å². The molecule has 2 aromatic carbocycles. The fourth-order valence-electron chi connectivity index (χ4n) is 2.12. The van der Waals surface area contributed by atoms with Gasteiger partial charge in [-0.3, -0.25) is 9.59 Å². The number of hydrogen-bond donors (Lipinski definition) is 2. The molecule has 0 radical (unpaired) electrons. The van der Waals surface area contributed by atoms with Gasteiger partial charge in [0.2, 0.25) is 5.91 Å². The van der Waals surface area contributed by atoms with Gasteiger partial charge in [0.15, 0.2) is 0 Å². The van der Waals surface area contributed by atoms with E-state index in [0.29, 0.717) is 29.1 Å². The van der Waals surface area contributed by atoms with Crippen LogP contribution in [0.3, 0.4) is 0 Å². The van der Waals surface area contributed by atoms with Crippen molar-refractivity contribution in [1.82, 2.24) is 0 Å². The predicted molar refractivity (Wildman–Crippen MR) is 100 cm³/mol. The Labute approximate surface area is 148 Å². The van der Waals surface area contributed by atoms with Crippen LogP contribution in [0.4, 0.5) is 11.4 Å². The van der Waals surface area contributed by atoms with E-state index in [4.69, 9.17) is 4.74 Å². The van der Waals surface area contributed by atoms with Gasteiger partial charge in [-0.05, 0) is 55.8 Å². The van der Waals surface area contributed by atoms with Gasteiger partial charge in [0.05, 0.1) is 6.10 Å². The minimum atomic E-state index is -0.208. The molecule has 1 atom stereocenters. The van der Waals surface area contributed by atoms with E-state index in [0.717, 1.165) is 6.42 Å². The highest BCUT2D eigenvalue weighted by molar-refractivity contribution is 6.04. The molecule has 0 unspecified atom stereocenters. The lowest BCUT2D eigenvalue weighted by molar-refractivity contribution is -0.115. The SMILES string of the molecule is CCC(=O)Nc1ccc(NC(=O)c2cccc(O[C@@H](C)CC)c2)cc1. The summed E-state index contributed by atoms with van der Waals surface area (Å²) in [6.45, 7) is 5.84. The van der Waals surface area contributed by atoms with Gasteiger partial charge in [0, 0.05) is 23.4 Å². The lowest BCUT2D eigenvalue weighted by atomic mass is 10.2. The number of rotatable bonds is 7. The summed E-state index contributed by atoms with van der Waals surface area (Å²) >= 11 is 0. The molecule has 0 fully saturated rings. The molecule has 0 aliphatic carbocycles. The number of carbonyl (C=O) groups is 2. The van der Waals surface area contributed by atoms with Crippen molar-refractivity contribution in [3.05, 3.63) is 54.1 Å². The first kappa shape index (κ1) is 18.5. The van der Waals surface area contributed by atoms with Crippen molar-refractivity contribution in [2.45, 2.75) is 39.7 Å². The van der Waals surface area contributed by atoms with Gasteiger partial charge in [-0.25, -0.2) is 0 Å². The molecule has 25 heavy (non-hydrogen) atoms. The third kappa shape index (κ3) is 5.64. The van der Waals surface area contributed by atoms with E-state index in [1.165, 1.54) is 0 Å². The maximum atomic E-state index is 12.4. The van der Waals surface area contributed by atoms with Crippen LogP contribution in [-0.4, -0.2) is 17.9 Å². The number of carbonyl (C=O) groups excluding carboxylic acids is 2. The maximum Gasteiger partial charge on any atom is 0.255 e. The van der Waals surface area contributed by atoms with Crippen molar-refractivity contribution in [1.29, 1.82) is 0 Å². The zero-order valence-electron chi connectivity index (χ0n) is 14.8. The minimum Gasteiger partial charge on any atom is -0.491 e. The molecule has 0 saturated heterocycles. The fraction of sp³-hybridized carbons (Fsp3) is 0.300. The fourth-order valence-corrected chi connectivity index (χ4v) is 2.12. The van der Waals surface area contributed by atoms with Crippen LogP contribution >= 0.6 is 0 Å². The molecular formula is C20H24N2O3. The van der Waals surface area contributed by atoms with Crippen LogP contribution in [0.15, 0.2) is 48.5 Å². The van der Waals surface area contributed by atoms with Gasteiger partial charge >= 0.3 is 0 Å². The summed E-state index contributed by atoms with van der Waals surface area (Å²) in [4.78, 5) is 23.8. The topological polar surface area (TPSA) is 67.4 Å². The lowest BCUT2D eigenvalue weighted by Gasteiger charge is -2.13. The molecule has 0 saturated carbocycles. The highest BCUT2D eigenvalue weighted by Crippen LogP contribution is 2.18. The molecule has 2 aromatic rings. The monoisotopic (exact) mass is 340 g/mol. The molecule has 5 heteroatoms. The average molecular weight is 340 g/mol. The summed E-state index contributed by atoms with van der Waals surface area (Å²) in [5.41, 5.74) is 1.89. The Hall–Kier alpha value is -2.82. The molecule has 5 nitrogen and oxygen atoms in total. The Bertz CT molecular complexity index is 726. The van der Waals surface area contributed by atoms with Crippen LogP contribution in [0.1, 0.15) is 44.0 Å². The van der Waals surface area contributed by atoms with Gasteiger partial charge in [-0.2, -0.15) is 0 Å². The smallest absolute Gasteiger partial charge is 0.255 e. The second-order valence-electron chi connectivity index (χ2n) is 5.80. The van der Waals surface area contributed by atoms with E-state index < -0.39 is 0 Å². The molecule has 0 aliphatic rings. The second-order valence-corrected chi connectivity index (χ2v) is 5.80. The van der Waals surface area contributed by atoms with Crippen molar-refractivity contribution in [2.75, 3.05) is 10.6 Å². The third-order valence-electron chi connectivity index (χ3n) is 3.76. The molecule has 2 N–H and O–H groups in total. The number of hydrogen-bond acceptors (Lipinski definition) is 3. The molecule has 0 aromatic heterocycles. The largest absolute Gasteiger partial charge is 0.491 e. The zero-order valence-corrected chi connectivity index (χ0v) is 14.8. The summed E-state index contributed by atoms with van der Waals surface area (Å²) in [7, 11) is 0. The van der Waals surface area contributed by atoms with E-state index >= 15 is 0 Å². The molecule has 0 heterocycles. The Balaban J connectivity index is 2.02. The van der Waals surface area contributed by atoms with E-state index in [-0.39, 0.29) is 17.9 Å². The lowest BCUT2D eigenvalue weighted by Crippen LogP contribution is -2.14. The first-order valence-corrected chi connectivity index (χ1v) is 8.49. The number of nitrogens with one attached hydrogen (secondary N) is 2. The van der Waals surface area contributed by atoms with Gasteiger partial charge in [0.1, 0.15) is 5.75 Å². The number of benzene rings is 2. The van der Waals surface area contributed by atoms with E-state index in [1.807, 2.05) is 19.9 Å². The normalized spacial score (nSPS) is 11.5. The predicted octanol–water partition coefficient (Wildman–Crippen LogP) is 4.46. The first-order valence-electron chi connectivity index (χ1n) is 8.49. The van der Waals surface area contributed by atoms with E-state index in [1.54, 1.807) is 49.4 Å². The Morgan fingerprint density at radius 1 is 1.00 bits per heavy atom. The number of amides is 2. The van der Waals surface area contributed by atoms with Crippen molar-refractivity contribution in [3.8, 4) is 5.75 Å². The highest BCUT2D eigenvalue weighted by atomic mass is 16.5. The van der Waals surface area contributed by atoms with Crippen molar-refractivity contribution >= 4 is 23.2 Å². The molecule has 132 valence electrons. The van der Waals surface area contributed by atoms with Crippen LogP contribution in [0.25, 0.3) is 0 Å². The summed E-state index contributed by atoms with van der Waals surface area (Å²) < 4.78 is 5.75. The van der Waals surface area contributed by atoms with Crippen LogP contribution < -0.4 is 15.4 Å². The first-order chi connectivity index (χ1) is 12.0. The van der Waals surface area contributed by atoms with Crippen LogP contribution in [0.5, 0.6) is 5.75 Å².